The zero-order chi connectivity index (χ0) is 17.2. The zero-order valence-electron chi connectivity index (χ0n) is 13.3. The van der Waals surface area contributed by atoms with Gasteiger partial charge < -0.3 is 15.5 Å². The maximum atomic E-state index is 12.3. The number of amides is 1. The first-order chi connectivity index (χ1) is 12.2. The summed E-state index contributed by atoms with van der Waals surface area (Å²) in [5.74, 6) is 0.332. The van der Waals surface area contributed by atoms with Gasteiger partial charge in [0.05, 0.1) is 0 Å². The third-order valence-corrected chi connectivity index (χ3v) is 3.84. The van der Waals surface area contributed by atoms with Gasteiger partial charge in [-0.15, -0.1) is 0 Å². The number of nitrogen functional groups attached to an aromatic ring is 1. The number of nitrogens with zero attached hydrogens (tertiary/aromatic N) is 1. The second-order valence-electron chi connectivity index (χ2n) is 5.64. The third kappa shape index (κ3) is 3.07. The molecule has 0 atom stereocenters. The maximum Gasteiger partial charge on any atom is 0.255 e. The summed E-state index contributed by atoms with van der Waals surface area (Å²) in [4.78, 5) is 16.7. The molecule has 4 aromatic rings. The Balaban J connectivity index is 1.57. The maximum absolute atomic E-state index is 12.3. The highest BCUT2D eigenvalue weighted by Crippen LogP contribution is 2.25. The van der Waals surface area contributed by atoms with Gasteiger partial charge in [-0.05, 0) is 54.6 Å². The highest BCUT2D eigenvalue weighted by Gasteiger charge is 2.10. The number of hydrogen-bond donors (Lipinski definition) is 2. The standard InChI is InChI=1S/C20H15N3O2/c21-15-10-11-18-17(12-15)23-20(25-18)14-8-6-13(7-9-14)19(24)22-16-4-2-1-3-5-16/h1-12H,21H2,(H,22,24). The van der Waals surface area contributed by atoms with E-state index in [9.17, 15) is 4.79 Å². The van der Waals surface area contributed by atoms with Crippen LogP contribution in [0.4, 0.5) is 11.4 Å². The van der Waals surface area contributed by atoms with Crippen molar-refractivity contribution in [3.8, 4) is 11.5 Å². The Bertz CT molecular complexity index is 1040. The number of anilines is 2. The Morgan fingerprint density at radius 3 is 2.48 bits per heavy atom. The number of rotatable bonds is 3. The summed E-state index contributed by atoms with van der Waals surface area (Å²) >= 11 is 0. The van der Waals surface area contributed by atoms with Crippen molar-refractivity contribution < 1.29 is 9.21 Å². The van der Waals surface area contributed by atoms with Crippen molar-refractivity contribution >= 4 is 28.4 Å². The fraction of sp³-hybridized carbons (Fsp3) is 0. The molecule has 0 aliphatic carbocycles. The smallest absolute Gasteiger partial charge is 0.255 e. The lowest BCUT2D eigenvalue weighted by molar-refractivity contribution is 0.102. The fourth-order valence-corrected chi connectivity index (χ4v) is 2.56. The van der Waals surface area contributed by atoms with E-state index >= 15 is 0 Å². The Morgan fingerprint density at radius 2 is 1.72 bits per heavy atom. The average molecular weight is 329 g/mol. The van der Waals surface area contributed by atoms with E-state index in [-0.39, 0.29) is 5.91 Å². The van der Waals surface area contributed by atoms with E-state index in [2.05, 4.69) is 10.3 Å². The molecule has 122 valence electrons. The molecule has 0 radical (unpaired) electrons. The number of para-hydroxylation sites is 1. The number of fused-ring (bicyclic) bond motifs is 1. The molecular weight excluding hydrogens is 314 g/mol. The summed E-state index contributed by atoms with van der Waals surface area (Å²) in [5.41, 5.74) is 9.90. The topological polar surface area (TPSA) is 81.1 Å². The predicted octanol–water partition coefficient (Wildman–Crippen LogP) is 4.33. The van der Waals surface area contributed by atoms with Gasteiger partial charge in [-0.3, -0.25) is 4.79 Å². The van der Waals surface area contributed by atoms with Crippen LogP contribution in [-0.2, 0) is 0 Å². The van der Waals surface area contributed by atoms with E-state index < -0.39 is 0 Å². The summed E-state index contributed by atoms with van der Waals surface area (Å²) in [6, 6.07) is 21.8. The van der Waals surface area contributed by atoms with E-state index in [4.69, 9.17) is 10.2 Å². The van der Waals surface area contributed by atoms with Crippen LogP contribution in [-0.4, -0.2) is 10.9 Å². The Labute approximate surface area is 144 Å². The van der Waals surface area contributed by atoms with E-state index in [1.54, 1.807) is 30.3 Å². The predicted molar refractivity (Wildman–Crippen MR) is 98.3 cm³/mol. The van der Waals surface area contributed by atoms with Crippen molar-refractivity contribution in [2.45, 2.75) is 0 Å². The molecule has 0 unspecified atom stereocenters. The molecule has 0 bridgehead atoms. The molecule has 0 saturated carbocycles. The molecule has 0 saturated heterocycles. The Morgan fingerprint density at radius 1 is 0.960 bits per heavy atom. The molecular formula is C20H15N3O2. The van der Waals surface area contributed by atoms with E-state index in [1.807, 2.05) is 42.5 Å². The third-order valence-electron chi connectivity index (χ3n) is 3.84. The van der Waals surface area contributed by atoms with Gasteiger partial charge in [0, 0.05) is 22.5 Å². The minimum Gasteiger partial charge on any atom is -0.436 e. The van der Waals surface area contributed by atoms with Gasteiger partial charge in [0.2, 0.25) is 5.89 Å². The number of hydrogen-bond acceptors (Lipinski definition) is 4. The molecule has 0 fully saturated rings. The Kier molecular flexibility index (Phi) is 3.67. The molecule has 0 aliphatic heterocycles. The minimum absolute atomic E-state index is 0.164. The van der Waals surface area contributed by atoms with Crippen molar-refractivity contribution in [1.82, 2.24) is 4.98 Å². The van der Waals surface area contributed by atoms with Gasteiger partial charge in [0.25, 0.3) is 5.91 Å². The minimum atomic E-state index is -0.164. The van der Waals surface area contributed by atoms with Crippen molar-refractivity contribution in [1.29, 1.82) is 0 Å². The molecule has 5 nitrogen and oxygen atoms in total. The number of nitrogens with two attached hydrogens (primary N) is 1. The lowest BCUT2D eigenvalue weighted by Crippen LogP contribution is -2.11. The van der Waals surface area contributed by atoms with Gasteiger partial charge in [-0.2, -0.15) is 0 Å². The summed E-state index contributed by atoms with van der Waals surface area (Å²) in [5, 5.41) is 2.85. The van der Waals surface area contributed by atoms with Crippen molar-refractivity contribution in [3.63, 3.8) is 0 Å². The largest absolute Gasteiger partial charge is 0.436 e. The van der Waals surface area contributed by atoms with Crippen molar-refractivity contribution in [3.05, 3.63) is 78.4 Å². The van der Waals surface area contributed by atoms with E-state index in [0.717, 1.165) is 11.3 Å². The molecule has 25 heavy (non-hydrogen) atoms. The number of oxazole rings is 1. The Hall–Kier alpha value is -3.60. The molecule has 1 amide bonds. The summed E-state index contributed by atoms with van der Waals surface area (Å²) in [6.45, 7) is 0. The fourth-order valence-electron chi connectivity index (χ4n) is 2.56. The van der Waals surface area contributed by atoms with Crippen LogP contribution >= 0.6 is 0 Å². The van der Waals surface area contributed by atoms with Crippen LogP contribution in [0.25, 0.3) is 22.6 Å². The van der Waals surface area contributed by atoms with Crippen molar-refractivity contribution in [2.75, 3.05) is 11.1 Å². The molecule has 0 aliphatic rings. The lowest BCUT2D eigenvalue weighted by Gasteiger charge is -2.05. The molecule has 3 N–H and O–H groups in total. The first-order valence-electron chi connectivity index (χ1n) is 7.82. The monoisotopic (exact) mass is 329 g/mol. The second-order valence-corrected chi connectivity index (χ2v) is 5.64. The van der Waals surface area contributed by atoms with Crippen LogP contribution in [0.15, 0.2) is 77.2 Å². The number of nitrogens with one attached hydrogen (secondary N) is 1. The molecule has 3 aromatic carbocycles. The van der Waals surface area contributed by atoms with Gasteiger partial charge in [-0.25, -0.2) is 4.98 Å². The van der Waals surface area contributed by atoms with Gasteiger partial charge in [0.1, 0.15) is 5.52 Å². The van der Waals surface area contributed by atoms with Gasteiger partial charge >= 0.3 is 0 Å². The van der Waals surface area contributed by atoms with Crippen LogP contribution in [0.1, 0.15) is 10.4 Å². The zero-order valence-corrected chi connectivity index (χ0v) is 13.3. The summed E-state index contributed by atoms with van der Waals surface area (Å²) in [6.07, 6.45) is 0. The number of carbonyl (C=O) groups is 1. The van der Waals surface area contributed by atoms with Crippen LogP contribution in [0.3, 0.4) is 0 Å². The summed E-state index contributed by atoms with van der Waals surface area (Å²) < 4.78 is 5.74. The quantitative estimate of drug-likeness (QED) is 0.548. The van der Waals surface area contributed by atoms with Crippen LogP contribution in [0.5, 0.6) is 0 Å². The van der Waals surface area contributed by atoms with Gasteiger partial charge in [-0.1, -0.05) is 18.2 Å². The first-order valence-corrected chi connectivity index (χ1v) is 7.82. The number of carbonyl (C=O) groups excluding carboxylic acids is 1. The summed E-state index contributed by atoms with van der Waals surface area (Å²) in [7, 11) is 0. The van der Waals surface area contributed by atoms with E-state index in [1.165, 1.54) is 0 Å². The van der Waals surface area contributed by atoms with Gasteiger partial charge in [0.15, 0.2) is 5.58 Å². The van der Waals surface area contributed by atoms with Crippen LogP contribution < -0.4 is 11.1 Å². The highest BCUT2D eigenvalue weighted by atomic mass is 16.3. The first kappa shape index (κ1) is 15.0. The van der Waals surface area contributed by atoms with Crippen LogP contribution in [0, 0.1) is 0 Å². The van der Waals surface area contributed by atoms with Crippen molar-refractivity contribution in [2.24, 2.45) is 0 Å². The molecule has 0 spiro atoms. The molecule has 5 heteroatoms. The number of benzene rings is 3. The molecule has 4 rings (SSSR count). The van der Waals surface area contributed by atoms with Crippen LogP contribution in [0.2, 0.25) is 0 Å². The average Bonchev–Trinajstić information content (AvgIpc) is 3.06. The normalized spacial score (nSPS) is 10.7. The highest BCUT2D eigenvalue weighted by molar-refractivity contribution is 6.04. The molecule has 1 heterocycles. The number of aromatic nitrogens is 1. The molecule has 1 aromatic heterocycles. The lowest BCUT2D eigenvalue weighted by atomic mass is 10.1. The second kappa shape index (κ2) is 6.13. The SMILES string of the molecule is Nc1ccc2oc(-c3ccc(C(=O)Nc4ccccc4)cc3)nc2c1. The van der Waals surface area contributed by atoms with E-state index in [0.29, 0.717) is 28.2 Å².